The largest absolute Gasteiger partial charge is 0.493 e. The fourth-order valence-corrected chi connectivity index (χ4v) is 2.94. The van der Waals surface area contributed by atoms with Crippen LogP contribution in [0.5, 0.6) is 11.5 Å². The minimum Gasteiger partial charge on any atom is -0.493 e. The van der Waals surface area contributed by atoms with E-state index in [9.17, 15) is 0 Å². The number of hydrogen-bond acceptors (Lipinski definition) is 3. The molecule has 0 spiro atoms. The molecule has 0 bridgehead atoms. The van der Waals surface area contributed by atoms with Gasteiger partial charge in [-0.05, 0) is 55.0 Å². The minimum absolute atomic E-state index is 0.443. The van der Waals surface area contributed by atoms with Crippen LogP contribution in [0.15, 0.2) is 12.1 Å². The maximum Gasteiger partial charge on any atom is 0.161 e. The molecule has 2 atom stereocenters. The molecule has 0 radical (unpaired) electrons. The summed E-state index contributed by atoms with van der Waals surface area (Å²) in [5, 5.41) is 3.65. The predicted molar refractivity (Wildman–Crippen MR) is 78.1 cm³/mol. The Labute approximate surface area is 116 Å². The van der Waals surface area contributed by atoms with Gasteiger partial charge in [-0.1, -0.05) is 13.8 Å². The van der Waals surface area contributed by atoms with Crippen molar-refractivity contribution in [3.63, 3.8) is 0 Å². The van der Waals surface area contributed by atoms with Gasteiger partial charge in [0, 0.05) is 6.04 Å². The van der Waals surface area contributed by atoms with Gasteiger partial charge in [0.05, 0.1) is 14.2 Å². The molecule has 0 aromatic heterocycles. The third-order valence-electron chi connectivity index (χ3n) is 3.87. The quantitative estimate of drug-likeness (QED) is 0.884. The Morgan fingerprint density at radius 1 is 1.21 bits per heavy atom. The van der Waals surface area contributed by atoms with Crippen molar-refractivity contribution in [3.8, 4) is 11.5 Å². The summed E-state index contributed by atoms with van der Waals surface area (Å²) < 4.78 is 10.8. The SMILES string of the molecule is CCCNC1CC(C)Cc2cc(OC)c(OC)cc21. The van der Waals surface area contributed by atoms with Crippen LogP contribution in [-0.2, 0) is 6.42 Å². The van der Waals surface area contributed by atoms with Gasteiger partial charge in [-0.25, -0.2) is 0 Å². The molecule has 2 rings (SSSR count). The third kappa shape index (κ3) is 3.03. The second kappa shape index (κ2) is 6.29. The Hall–Kier alpha value is -1.22. The summed E-state index contributed by atoms with van der Waals surface area (Å²) >= 11 is 0. The Morgan fingerprint density at radius 3 is 2.53 bits per heavy atom. The maximum absolute atomic E-state index is 5.43. The summed E-state index contributed by atoms with van der Waals surface area (Å²) in [6, 6.07) is 4.73. The summed E-state index contributed by atoms with van der Waals surface area (Å²) in [5.74, 6) is 2.38. The zero-order chi connectivity index (χ0) is 13.8. The van der Waals surface area contributed by atoms with E-state index in [0.29, 0.717) is 12.0 Å². The molecule has 0 saturated heterocycles. The average Bonchev–Trinajstić information content (AvgIpc) is 2.43. The molecule has 0 amide bonds. The summed E-state index contributed by atoms with van der Waals surface area (Å²) in [5.41, 5.74) is 2.77. The van der Waals surface area contributed by atoms with E-state index in [1.54, 1.807) is 14.2 Å². The molecule has 2 unspecified atom stereocenters. The Kier molecular flexibility index (Phi) is 4.70. The highest BCUT2D eigenvalue weighted by Gasteiger charge is 2.26. The van der Waals surface area contributed by atoms with Crippen molar-refractivity contribution >= 4 is 0 Å². The molecular formula is C16H25NO2. The average molecular weight is 263 g/mol. The smallest absolute Gasteiger partial charge is 0.161 e. The van der Waals surface area contributed by atoms with Crippen LogP contribution in [0.4, 0.5) is 0 Å². The molecule has 0 heterocycles. The van der Waals surface area contributed by atoms with Gasteiger partial charge in [-0.2, -0.15) is 0 Å². The fourth-order valence-electron chi connectivity index (χ4n) is 2.94. The zero-order valence-corrected chi connectivity index (χ0v) is 12.5. The lowest BCUT2D eigenvalue weighted by molar-refractivity contribution is 0.345. The van der Waals surface area contributed by atoms with E-state index < -0.39 is 0 Å². The van der Waals surface area contributed by atoms with E-state index in [-0.39, 0.29) is 0 Å². The normalized spacial score (nSPS) is 21.9. The molecule has 1 aliphatic carbocycles. The van der Waals surface area contributed by atoms with Crippen molar-refractivity contribution in [1.29, 1.82) is 0 Å². The van der Waals surface area contributed by atoms with Gasteiger partial charge in [0.1, 0.15) is 0 Å². The van der Waals surface area contributed by atoms with Crippen molar-refractivity contribution in [2.45, 2.75) is 39.2 Å². The highest BCUT2D eigenvalue weighted by Crippen LogP contribution is 2.39. The lowest BCUT2D eigenvalue weighted by atomic mass is 9.81. The molecule has 3 heteroatoms. The first-order chi connectivity index (χ1) is 9.19. The van der Waals surface area contributed by atoms with E-state index in [4.69, 9.17) is 9.47 Å². The van der Waals surface area contributed by atoms with Crippen molar-refractivity contribution in [3.05, 3.63) is 23.3 Å². The Morgan fingerprint density at radius 2 is 1.89 bits per heavy atom. The van der Waals surface area contributed by atoms with Crippen LogP contribution in [0.2, 0.25) is 0 Å². The summed E-state index contributed by atoms with van der Waals surface area (Å²) in [6.45, 7) is 5.58. The van der Waals surface area contributed by atoms with Gasteiger partial charge < -0.3 is 14.8 Å². The van der Waals surface area contributed by atoms with Crippen LogP contribution in [-0.4, -0.2) is 20.8 Å². The van der Waals surface area contributed by atoms with Crippen LogP contribution in [0.3, 0.4) is 0 Å². The van der Waals surface area contributed by atoms with E-state index in [1.165, 1.54) is 17.5 Å². The second-order valence-corrected chi connectivity index (χ2v) is 5.46. The lowest BCUT2D eigenvalue weighted by Crippen LogP contribution is -2.29. The van der Waals surface area contributed by atoms with Crippen molar-refractivity contribution in [2.24, 2.45) is 5.92 Å². The van der Waals surface area contributed by atoms with Gasteiger partial charge in [-0.3, -0.25) is 0 Å². The first-order valence-electron chi connectivity index (χ1n) is 7.17. The predicted octanol–water partition coefficient (Wildman–Crippen LogP) is 3.33. The number of fused-ring (bicyclic) bond motifs is 1. The molecule has 0 aliphatic heterocycles. The number of hydrogen-bond donors (Lipinski definition) is 1. The Bertz CT molecular complexity index is 431. The van der Waals surface area contributed by atoms with E-state index in [2.05, 4.69) is 31.3 Å². The molecule has 1 aliphatic rings. The topological polar surface area (TPSA) is 30.5 Å². The zero-order valence-electron chi connectivity index (χ0n) is 12.5. The van der Waals surface area contributed by atoms with Gasteiger partial charge in [0.2, 0.25) is 0 Å². The lowest BCUT2D eigenvalue weighted by Gasteiger charge is -2.31. The van der Waals surface area contributed by atoms with Crippen molar-refractivity contribution < 1.29 is 9.47 Å². The number of benzene rings is 1. The van der Waals surface area contributed by atoms with Gasteiger partial charge in [-0.15, -0.1) is 0 Å². The first-order valence-corrected chi connectivity index (χ1v) is 7.17. The molecule has 106 valence electrons. The highest BCUT2D eigenvalue weighted by molar-refractivity contribution is 5.49. The number of ether oxygens (including phenoxy) is 2. The molecule has 1 N–H and O–H groups in total. The molecule has 1 aromatic rings. The van der Waals surface area contributed by atoms with Crippen LogP contribution in [0, 0.1) is 5.92 Å². The molecule has 3 nitrogen and oxygen atoms in total. The summed E-state index contributed by atoms with van der Waals surface area (Å²) in [4.78, 5) is 0. The van der Waals surface area contributed by atoms with E-state index in [1.807, 2.05) is 0 Å². The summed E-state index contributed by atoms with van der Waals surface area (Å²) in [7, 11) is 3.40. The first kappa shape index (κ1) is 14.2. The summed E-state index contributed by atoms with van der Waals surface area (Å²) in [6.07, 6.45) is 3.48. The molecular weight excluding hydrogens is 238 g/mol. The monoisotopic (exact) mass is 263 g/mol. The maximum atomic E-state index is 5.43. The molecule has 19 heavy (non-hydrogen) atoms. The highest BCUT2D eigenvalue weighted by atomic mass is 16.5. The number of rotatable bonds is 5. The van der Waals surface area contributed by atoms with Gasteiger partial charge >= 0.3 is 0 Å². The van der Waals surface area contributed by atoms with Crippen LogP contribution in [0.1, 0.15) is 43.9 Å². The third-order valence-corrected chi connectivity index (χ3v) is 3.87. The van der Waals surface area contributed by atoms with E-state index in [0.717, 1.165) is 30.9 Å². The van der Waals surface area contributed by atoms with Crippen LogP contribution >= 0.6 is 0 Å². The fraction of sp³-hybridized carbons (Fsp3) is 0.625. The number of nitrogens with one attached hydrogen (secondary N) is 1. The van der Waals surface area contributed by atoms with E-state index >= 15 is 0 Å². The minimum atomic E-state index is 0.443. The van der Waals surface area contributed by atoms with Crippen LogP contribution in [0.25, 0.3) is 0 Å². The van der Waals surface area contributed by atoms with Crippen molar-refractivity contribution in [1.82, 2.24) is 5.32 Å². The number of methoxy groups -OCH3 is 2. The van der Waals surface area contributed by atoms with Gasteiger partial charge in [0.25, 0.3) is 0 Å². The molecule has 1 aromatic carbocycles. The molecule has 0 saturated carbocycles. The van der Waals surface area contributed by atoms with Crippen LogP contribution < -0.4 is 14.8 Å². The molecule has 0 fully saturated rings. The standard InChI is InChI=1S/C16H25NO2/c1-5-6-17-14-8-11(2)7-12-9-15(18-3)16(19-4)10-13(12)14/h9-11,14,17H,5-8H2,1-4H3. The van der Waals surface area contributed by atoms with Gasteiger partial charge in [0.15, 0.2) is 11.5 Å². The van der Waals surface area contributed by atoms with Crippen molar-refractivity contribution in [2.75, 3.05) is 20.8 Å². The second-order valence-electron chi connectivity index (χ2n) is 5.46. The Balaban J connectivity index is 2.35.